The van der Waals surface area contributed by atoms with E-state index in [1.807, 2.05) is 0 Å². The van der Waals surface area contributed by atoms with Gasteiger partial charge in [-0.25, -0.2) is 4.79 Å². The van der Waals surface area contributed by atoms with Gasteiger partial charge in [0.1, 0.15) is 17.5 Å². The highest BCUT2D eigenvalue weighted by Crippen LogP contribution is 2.28. The van der Waals surface area contributed by atoms with Crippen LogP contribution in [0.25, 0.3) is 0 Å². The number of carbonyl (C=O) groups is 2. The normalized spacial score (nSPS) is 12.2. The van der Waals surface area contributed by atoms with Gasteiger partial charge in [-0.15, -0.1) is 0 Å². The molecule has 2 amide bonds. The Balaban J connectivity index is 2.79. The third-order valence-corrected chi connectivity index (χ3v) is 3.34. The van der Waals surface area contributed by atoms with Crippen LogP contribution in [0.2, 0.25) is 0 Å². The SMILES string of the molecule is CCCCOC(C)C(=O)Nc1ccc(OC)c(NC(=O)OC(C)(C)C)c1. The van der Waals surface area contributed by atoms with E-state index in [0.717, 1.165) is 12.8 Å². The van der Waals surface area contributed by atoms with Crippen molar-refractivity contribution in [2.45, 2.75) is 59.2 Å². The Morgan fingerprint density at radius 2 is 1.88 bits per heavy atom. The molecule has 0 aliphatic rings. The van der Waals surface area contributed by atoms with Crippen molar-refractivity contribution >= 4 is 23.4 Å². The Hall–Kier alpha value is -2.28. The molecule has 7 nitrogen and oxygen atoms in total. The number of rotatable bonds is 8. The van der Waals surface area contributed by atoms with Crippen LogP contribution in [-0.4, -0.2) is 37.4 Å². The Labute approximate surface area is 155 Å². The smallest absolute Gasteiger partial charge is 0.412 e. The highest BCUT2D eigenvalue weighted by Gasteiger charge is 2.19. The van der Waals surface area contributed by atoms with Crippen molar-refractivity contribution in [1.29, 1.82) is 0 Å². The molecule has 0 aliphatic carbocycles. The van der Waals surface area contributed by atoms with E-state index in [1.54, 1.807) is 45.9 Å². The predicted molar refractivity (Wildman–Crippen MR) is 102 cm³/mol. The van der Waals surface area contributed by atoms with E-state index in [9.17, 15) is 9.59 Å². The number of benzene rings is 1. The summed E-state index contributed by atoms with van der Waals surface area (Å²) in [6, 6.07) is 4.96. The average Bonchev–Trinajstić information content (AvgIpc) is 2.53. The molecule has 0 bridgehead atoms. The van der Waals surface area contributed by atoms with Gasteiger partial charge in [-0.3, -0.25) is 10.1 Å². The zero-order valence-electron chi connectivity index (χ0n) is 16.5. The van der Waals surface area contributed by atoms with E-state index in [0.29, 0.717) is 23.7 Å². The molecule has 1 atom stereocenters. The lowest BCUT2D eigenvalue weighted by molar-refractivity contribution is -0.126. The van der Waals surface area contributed by atoms with Gasteiger partial charge in [0.2, 0.25) is 0 Å². The molecular weight excluding hydrogens is 336 g/mol. The number of unbranched alkanes of at least 4 members (excludes halogenated alkanes) is 1. The molecule has 1 aromatic carbocycles. The maximum absolute atomic E-state index is 12.2. The zero-order chi connectivity index (χ0) is 19.7. The Morgan fingerprint density at radius 3 is 2.46 bits per heavy atom. The van der Waals surface area contributed by atoms with E-state index in [1.165, 1.54) is 7.11 Å². The largest absolute Gasteiger partial charge is 0.495 e. The van der Waals surface area contributed by atoms with Crippen LogP contribution >= 0.6 is 0 Å². The molecule has 0 fully saturated rings. The maximum atomic E-state index is 12.2. The second-order valence-electron chi connectivity index (χ2n) is 6.90. The number of carbonyl (C=O) groups excluding carboxylic acids is 2. The van der Waals surface area contributed by atoms with Crippen LogP contribution in [-0.2, 0) is 14.3 Å². The quantitative estimate of drug-likeness (QED) is 0.674. The lowest BCUT2D eigenvalue weighted by Gasteiger charge is -2.20. The number of hydrogen-bond donors (Lipinski definition) is 2. The Morgan fingerprint density at radius 1 is 1.19 bits per heavy atom. The van der Waals surface area contributed by atoms with E-state index in [2.05, 4.69) is 17.6 Å². The Bertz CT molecular complexity index is 610. The summed E-state index contributed by atoms with van der Waals surface area (Å²) in [5.41, 5.74) is 0.306. The number of amides is 2. The van der Waals surface area contributed by atoms with Crippen molar-refractivity contribution in [2.75, 3.05) is 24.4 Å². The van der Waals surface area contributed by atoms with Gasteiger partial charge < -0.3 is 19.5 Å². The third-order valence-electron chi connectivity index (χ3n) is 3.34. The summed E-state index contributed by atoms with van der Waals surface area (Å²) in [6.07, 6.45) is 0.748. The second-order valence-corrected chi connectivity index (χ2v) is 6.90. The molecule has 1 aromatic rings. The number of nitrogens with one attached hydrogen (secondary N) is 2. The summed E-state index contributed by atoms with van der Waals surface area (Å²) in [5, 5.41) is 5.40. The van der Waals surface area contributed by atoms with Gasteiger partial charge in [0.25, 0.3) is 5.91 Å². The number of ether oxygens (including phenoxy) is 3. The van der Waals surface area contributed by atoms with Crippen LogP contribution in [0.5, 0.6) is 5.75 Å². The highest BCUT2D eigenvalue weighted by molar-refractivity contribution is 5.95. The maximum Gasteiger partial charge on any atom is 0.412 e. The van der Waals surface area contributed by atoms with Gasteiger partial charge in [-0.2, -0.15) is 0 Å². The lowest BCUT2D eigenvalue weighted by Crippen LogP contribution is -2.28. The standard InChI is InChI=1S/C19H30N2O5/c1-7-8-11-25-13(2)17(22)20-14-9-10-16(24-6)15(12-14)21-18(23)26-19(3,4)5/h9-10,12-13H,7-8,11H2,1-6H3,(H,20,22)(H,21,23). The lowest BCUT2D eigenvalue weighted by atomic mass is 10.2. The van der Waals surface area contributed by atoms with Crippen LogP contribution in [0.1, 0.15) is 47.5 Å². The zero-order valence-corrected chi connectivity index (χ0v) is 16.5. The first kappa shape index (κ1) is 21.8. The van der Waals surface area contributed by atoms with Crippen LogP contribution in [0.15, 0.2) is 18.2 Å². The fourth-order valence-corrected chi connectivity index (χ4v) is 2.02. The van der Waals surface area contributed by atoms with Crippen molar-refractivity contribution in [1.82, 2.24) is 0 Å². The molecule has 0 heterocycles. The number of hydrogen-bond acceptors (Lipinski definition) is 5. The van der Waals surface area contributed by atoms with Crippen LogP contribution in [0, 0.1) is 0 Å². The topological polar surface area (TPSA) is 85.9 Å². The first-order valence-corrected chi connectivity index (χ1v) is 8.76. The van der Waals surface area contributed by atoms with Gasteiger partial charge in [-0.1, -0.05) is 13.3 Å². The summed E-state index contributed by atoms with van der Waals surface area (Å²) in [5.74, 6) is 0.204. The van der Waals surface area contributed by atoms with Crippen molar-refractivity contribution in [2.24, 2.45) is 0 Å². The van der Waals surface area contributed by atoms with Gasteiger partial charge >= 0.3 is 6.09 Å². The molecule has 0 saturated carbocycles. The molecule has 2 N–H and O–H groups in total. The monoisotopic (exact) mass is 366 g/mol. The Kier molecular flexibility index (Phi) is 8.38. The molecule has 146 valence electrons. The van der Waals surface area contributed by atoms with Crippen molar-refractivity contribution in [3.05, 3.63) is 18.2 Å². The van der Waals surface area contributed by atoms with Crippen LogP contribution in [0.4, 0.5) is 16.2 Å². The van der Waals surface area contributed by atoms with Crippen molar-refractivity contribution in [3.8, 4) is 5.75 Å². The van der Waals surface area contributed by atoms with Crippen molar-refractivity contribution in [3.63, 3.8) is 0 Å². The molecule has 1 unspecified atom stereocenters. The molecule has 0 spiro atoms. The minimum Gasteiger partial charge on any atom is -0.495 e. The molecule has 0 saturated heterocycles. The minimum atomic E-state index is -0.617. The van der Waals surface area contributed by atoms with Gasteiger partial charge in [0.15, 0.2) is 0 Å². The van der Waals surface area contributed by atoms with Crippen LogP contribution in [0.3, 0.4) is 0 Å². The van der Waals surface area contributed by atoms with Gasteiger partial charge in [0.05, 0.1) is 12.8 Å². The number of anilines is 2. The summed E-state index contributed by atoms with van der Waals surface area (Å²) < 4.78 is 16.0. The first-order valence-electron chi connectivity index (χ1n) is 8.76. The second kappa shape index (κ2) is 10.0. The van der Waals surface area contributed by atoms with Gasteiger partial charge in [0, 0.05) is 12.3 Å². The van der Waals surface area contributed by atoms with E-state index >= 15 is 0 Å². The van der Waals surface area contributed by atoms with E-state index in [4.69, 9.17) is 14.2 Å². The van der Waals surface area contributed by atoms with E-state index in [-0.39, 0.29) is 5.91 Å². The fraction of sp³-hybridized carbons (Fsp3) is 0.579. The fourth-order valence-electron chi connectivity index (χ4n) is 2.02. The molecule has 0 aromatic heterocycles. The average molecular weight is 366 g/mol. The molecule has 0 radical (unpaired) electrons. The molecule has 7 heteroatoms. The molecule has 1 rings (SSSR count). The predicted octanol–water partition coefficient (Wildman–Crippen LogP) is 4.19. The summed E-state index contributed by atoms with van der Waals surface area (Å²) in [7, 11) is 1.50. The summed E-state index contributed by atoms with van der Waals surface area (Å²) in [6.45, 7) is 9.64. The summed E-state index contributed by atoms with van der Waals surface area (Å²) in [4.78, 5) is 24.2. The van der Waals surface area contributed by atoms with Crippen LogP contribution < -0.4 is 15.4 Å². The van der Waals surface area contributed by atoms with Crippen molar-refractivity contribution < 1.29 is 23.8 Å². The molecular formula is C19H30N2O5. The molecule has 0 aliphatic heterocycles. The minimum absolute atomic E-state index is 0.255. The van der Waals surface area contributed by atoms with Gasteiger partial charge in [-0.05, 0) is 52.3 Å². The van der Waals surface area contributed by atoms with E-state index < -0.39 is 17.8 Å². The third kappa shape index (κ3) is 7.74. The first-order chi connectivity index (χ1) is 12.2. The summed E-state index contributed by atoms with van der Waals surface area (Å²) >= 11 is 0. The highest BCUT2D eigenvalue weighted by atomic mass is 16.6. The molecule has 26 heavy (non-hydrogen) atoms. The number of methoxy groups -OCH3 is 1.